The summed E-state index contributed by atoms with van der Waals surface area (Å²) in [6.07, 6.45) is 3.19. The summed E-state index contributed by atoms with van der Waals surface area (Å²) in [5.41, 5.74) is 2.97. The Bertz CT molecular complexity index is 1140. The molecule has 6 nitrogen and oxygen atoms in total. The highest BCUT2D eigenvalue weighted by Crippen LogP contribution is 2.35. The summed E-state index contributed by atoms with van der Waals surface area (Å²) in [6.45, 7) is 3.60. The smallest absolute Gasteiger partial charge is 0.317 e. The van der Waals surface area contributed by atoms with Crippen LogP contribution >= 0.6 is 23.2 Å². The van der Waals surface area contributed by atoms with E-state index in [1.54, 1.807) is 17.9 Å². The maximum Gasteiger partial charge on any atom is 0.317 e. The number of carbonyl (C=O) groups excluding carboxylic acids is 2. The molecule has 2 aromatic carbocycles. The second kappa shape index (κ2) is 10.5. The average Bonchev–Trinajstić information content (AvgIpc) is 3.24. The molecule has 0 spiro atoms. The number of carbonyl (C=O) groups is 2. The molecule has 1 aliphatic rings. The number of aromatic amines is 1. The topological polar surface area (TPSA) is 74.4 Å². The van der Waals surface area contributed by atoms with Gasteiger partial charge in [0.2, 0.25) is 0 Å². The Balaban J connectivity index is 1.50. The summed E-state index contributed by atoms with van der Waals surface area (Å²) in [4.78, 5) is 30.0. The summed E-state index contributed by atoms with van der Waals surface area (Å²) in [5.74, 6) is -0.470. The van der Waals surface area contributed by atoms with Gasteiger partial charge < -0.3 is 19.9 Å². The molecule has 3 aromatic rings. The molecule has 1 aliphatic heterocycles. The first kappa shape index (κ1) is 23.5. The Hall–Kier alpha value is -2.70. The number of hydrogen-bond acceptors (Lipinski definition) is 3. The fraction of sp³-hybridized carbons (Fsp3) is 0.360. The number of fused-ring (bicyclic) bond motifs is 1. The number of amides is 2. The zero-order chi connectivity index (χ0) is 23.4. The fourth-order valence-corrected chi connectivity index (χ4v) is 4.97. The van der Waals surface area contributed by atoms with Crippen molar-refractivity contribution in [2.24, 2.45) is 5.92 Å². The standard InChI is InChI=1S/C25H27Cl2N3O3/c1-2-33-24(31)16-9-11-30(12-10-16)25(32)29-15-20(18-8-7-17(26)13-22(18)27)21-14-28-23-6-4-3-5-19(21)23/h3-8,13-14,16,20,28H,2,9-12,15H2,1H3,(H,29,32). The molecule has 2 amide bonds. The van der Waals surface area contributed by atoms with Crippen molar-refractivity contribution in [1.29, 1.82) is 0 Å². The molecule has 1 saturated heterocycles. The first-order valence-corrected chi connectivity index (χ1v) is 11.9. The fourth-order valence-electron chi connectivity index (χ4n) is 4.43. The predicted octanol–water partition coefficient (Wildman–Crippen LogP) is 5.59. The lowest BCUT2D eigenvalue weighted by Gasteiger charge is -2.31. The van der Waals surface area contributed by atoms with Crippen LogP contribution in [0.5, 0.6) is 0 Å². The van der Waals surface area contributed by atoms with Gasteiger partial charge in [0.05, 0.1) is 12.5 Å². The molecule has 174 valence electrons. The lowest BCUT2D eigenvalue weighted by atomic mass is 9.90. The zero-order valence-electron chi connectivity index (χ0n) is 18.4. The van der Waals surface area contributed by atoms with Gasteiger partial charge in [-0.3, -0.25) is 4.79 Å². The van der Waals surface area contributed by atoms with Crippen LogP contribution in [0.1, 0.15) is 36.8 Å². The first-order chi connectivity index (χ1) is 16.0. The van der Waals surface area contributed by atoms with Gasteiger partial charge in [0.25, 0.3) is 0 Å². The number of benzene rings is 2. The van der Waals surface area contributed by atoms with E-state index in [2.05, 4.69) is 16.4 Å². The molecule has 0 radical (unpaired) electrons. The number of urea groups is 1. The van der Waals surface area contributed by atoms with Crippen LogP contribution < -0.4 is 5.32 Å². The SMILES string of the molecule is CCOC(=O)C1CCN(C(=O)NCC(c2ccc(Cl)cc2Cl)c2c[nH]c3ccccc23)CC1. The Labute approximate surface area is 203 Å². The van der Waals surface area contributed by atoms with Crippen LogP contribution in [-0.2, 0) is 9.53 Å². The van der Waals surface area contributed by atoms with Crippen molar-refractivity contribution in [2.75, 3.05) is 26.2 Å². The van der Waals surface area contributed by atoms with E-state index in [0.29, 0.717) is 49.1 Å². The molecule has 2 N–H and O–H groups in total. The van der Waals surface area contributed by atoms with Crippen LogP contribution in [0, 0.1) is 5.92 Å². The van der Waals surface area contributed by atoms with Gasteiger partial charge in [-0.15, -0.1) is 0 Å². The minimum atomic E-state index is -0.172. The molecule has 0 aliphatic carbocycles. The summed E-state index contributed by atoms with van der Waals surface area (Å²) in [5, 5.41) is 5.28. The molecular formula is C25H27Cl2N3O3. The Morgan fingerprint density at radius 1 is 1.15 bits per heavy atom. The third-order valence-corrected chi connectivity index (χ3v) is 6.76. The van der Waals surface area contributed by atoms with Crippen molar-refractivity contribution in [3.63, 3.8) is 0 Å². The maximum absolute atomic E-state index is 12.9. The Morgan fingerprint density at radius 2 is 1.91 bits per heavy atom. The van der Waals surface area contributed by atoms with E-state index >= 15 is 0 Å². The van der Waals surface area contributed by atoms with Crippen molar-refractivity contribution in [3.05, 3.63) is 69.8 Å². The molecule has 1 fully saturated rings. The van der Waals surface area contributed by atoms with Crippen LogP contribution in [0.3, 0.4) is 0 Å². The van der Waals surface area contributed by atoms with E-state index in [1.807, 2.05) is 36.5 Å². The lowest BCUT2D eigenvalue weighted by molar-refractivity contribution is -0.149. The monoisotopic (exact) mass is 487 g/mol. The minimum absolute atomic E-state index is 0.138. The number of hydrogen-bond donors (Lipinski definition) is 2. The molecule has 2 heterocycles. The van der Waals surface area contributed by atoms with Crippen LogP contribution in [0.4, 0.5) is 4.79 Å². The maximum atomic E-state index is 12.9. The van der Waals surface area contributed by atoms with E-state index in [0.717, 1.165) is 22.0 Å². The van der Waals surface area contributed by atoms with Crippen molar-refractivity contribution in [1.82, 2.24) is 15.2 Å². The van der Waals surface area contributed by atoms with Gasteiger partial charge in [0.1, 0.15) is 0 Å². The van der Waals surface area contributed by atoms with E-state index in [-0.39, 0.29) is 23.8 Å². The number of halogens is 2. The molecule has 33 heavy (non-hydrogen) atoms. The van der Waals surface area contributed by atoms with Crippen LogP contribution in [0.2, 0.25) is 10.0 Å². The second-order valence-electron chi connectivity index (χ2n) is 8.21. The third-order valence-electron chi connectivity index (χ3n) is 6.19. The van der Waals surface area contributed by atoms with Gasteiger partial charge in [-0.05, 0) is 49.1 Å². The summed E-state index contributed by atoms with van der Waals surface area (Å²) in [6, 6.07) is 13.3. The molecule has 1 atom stereocenters. The Morgan fingerprint density at radius 3 is 2.64 bits per heavy atom. The lowest BCUT2D eigenvalue weighted by Crippen LogP contribution is -2.46. The summed E-state index contributed by atoms with van der Waals surface area (Å²) >= 11 is 12.7. The predicted molar refractivity (Wildman–Crippen MR) is 131 cm³/mol. The minimum Gasteiger partial charge on any atom is -0.466 e. The van der Waals surface area contributed by atoms with Gasteiger partial charge in [0, 0.05) is 52.7 Å². The molecular weight excluding hydrogens is 461 g/mol. The van der Waals surface area contributed by atoms with Crippen LogP contribution in [0.25, 0.3) is 10.9 Å². The molecule has 4 rings (SSSR count). The van der Waals surface area contributed by atoms with Crippen LogP contribution in [-0.4, -0.2) is 48.1 Å². The summed E-state index contributed by atoms with van der Waals surface area (Å²) in [7, 11) is 0. The normalized spacial score (nSPS) is 15.4. The number of H-pyrrole nitrogens is 1. The Kier molecular flexibility index (Phi) is 7.46. The number of esters is 1. The number of ether oxygens (including phenoxy) is 1. The van der Waals surface area contributed by atoms with Gasteiger partial charge in [0.15, 0.2) is 0 Å². The number of likely N-dealkylation sites (tertiary alicyclic amines) is 1. The summed E-state index contributed by atoms with van der Waals surface area (Å²) < 4.78 is 5.12. The quantitative estimate of drug-likeness (QED) is 0.444. The highest BCUT2D eigenvalue weighted by molar-refractivity contribution is 6.35. The van der Waals surface area contributed by atoms with Gasteiger partial charge in [-0.1, -0.05) is 47.5 Å². The number of aromatic nitrogens is 1. The first-order valence-electron chi connectivity index (χ1n) is 11.2. The van der Waals surface area contributed by atoms with Gasteiger partial charge in [-0.25, -0.2) is 4.79 Å². The van der Waals surface area contributed by atoms with E-state index in [9.17, 15) is 9.59 Å². The molecule has 8 heteroatoms. The van der Waals surface area contributed by atoms with E-state index in [1.165, 1.54) is 0 Å². The second-order valence-corrected chi connectivity index (χ2v) is 9.05. The number of para-hydroxylation sites is 1. The highest BCUT2D eigenvalue weighted by Gasteiger charge is 2.29. The largest absolute Gasteiger partial charge is 0.466 e. The molecule has 0 saturated carbocycles. The van der Waals surface area contributed by atoms with E-state index < -0.39 is 0 Å². The van der Waals surface area contributed by atoms with Gasteiger partial charge in [-0.2, -0.15) is 0 Å². The van der Waals surface area contributed by atoms with Crippen LogP contribution in [0.15, 0.2) is 48.7 Å². The van der Waals surface area contributed by atoms with Crippen molar-refractivity contribution in [2.45, 2.75) is 25.7 Å². The van der Waals surface area contributed by atoms with Crippen molar-refractivity contribution >= 4 is 46.1 Å². The van der Waals surface area contributed by atoms with Crippen molar-refractivity contribution < 1.29 is 14.3 Å². The van der Waals surface area contributed by atoms with Gasteiger partial charge >= 0.3 is 12.0 Å². The number of nitrogens with zero attached hydrogens (tertiary/aromatic N) is 1. The third kappa shape index (κ3) is 5.28. The molecule has 1 aromatic heterocycles. The van der Waals surface area contributed by atoms with Crippen molar-refractivity contribution in [3.8, 4) is 0 Å². The zero-order valence-corrected chi connectivity index (χ0v) is 20.0. The number of nitrogens with one attached hydrogen (secondary N) is 2. The van der Waals surface area contributed by atoms with E-state index in [4.69, 9.17) is 27.9 Å². The highest BCUT2D eigenvalue weighted by atomic mass is 35.5. The number of rotatable bonds is 6. The molecule has 1 unspecified atom stereocenters. The number of piperidine rings is 1. The average molecular weight is 488 g/mol. The molecule has 0 bridgehead atoms.